The van der Waals surface area contributed by atoms with Gasteiger partial charge in [-0.1, -0.05) is 18.2 Å². The monoisotopic (exact) mass is 349 g/mol. The van der Waals surface area contributed by atoms with Gasteiger partial charge in [0.1, 0.15) is 5.82 Å². The van der Waals surface area contributed by atoms with E-state index in [1.807, 2.05) is 12.1 Å². The Hall–Kier alpha value is -2.46. The van der Waals surface area contributed by atoms with Gasteiger partial charge in [0.05, 0.1) is 5.52 Å². The molecule has 3 aromatic rings. The number of hydrogen-bond acceptors (Lipinski definition) is 3. The summed E-state index contributed by atoms with van der Waals surface area (Å²) >= 11 is 0. The van der Waals surface area contributed by atoms with E-state index < -0.39 is 0 Å². The molecule has 0 atom stereocenters. The summed E-state index contributed by atoms with van der Waals surface area (Å²) in [5.41, 5.74) is 5.91. The summed E-state index contributed by atoms with van der Waals surface area (Å²) in [6.45, 7) is 9.02. The molecule has 0 aliphatic carbocycles. The van der Waals surface area contributed by atoms with Crippen molar-refractivity contribution in [1.82, 2.24) is 9.88 Å². The van der Waals surface area contributed by atoms with Gasteiger partial charge in [0.2, 0.25) is 0 Å². The van der Waals surface area contributed by atoms with E-state index >= 15 is 0 Å². The molecular weight excluding hydrogens is 325 g/mol. The van der Waals surface area contributed by atoms with Crippen LogP contribution in [0.5, 0.6) is 0 Å². The molecule has 4 heteroatoms. The molecule has 0 bridgehead atoms. The van der Waals surface area contributed by atoms with Crippen molar-refractivity contribution in [3.05, 3.63) is 71.2 Å². The van der Waals surface area contributed by atoms with Crippen molar-refractivity contribution in [1.29, 1.82) is 0 Å². The van der Waals surface area contributed by atoms with Gasteiger partial charge in [0.25, 0.3) is 0 Å². The number of nitrogens with zero attached hydrogens (tertiary/aromatic N) is 3. The molecule has 0 spiro atoms. The lowest BCUT2D eigenvalue weighted by molar-refractivity contribution is 0.250. The fraction of sp³-hybridized carbons (Fsp3) is 0.318. The van der Waals surface area contributed by atoms with Crippen molar-refractivity contribution >= 4 is 16.6 Å². The number of aryl methyl sites for hydroxylation is 1. The molecule has 1 aliphatic heterocycles. The number of pyridine rings is 1. The van der Waals surface area contributed by atoms with Gasteiger partial charge < -0.3 is 4.90 Å². The largest absolute Gasteiger partial charge is 0.369 e. The van der Waals surface area contributed by atoms with Crippen molar-refractivity contribution in [2.24, 2.45) is 0 Å². The molecule has 1 aromatic heterocycles. The average Bonchev–Trinajstić information content (AvgIpc) is 2.65. The maximum absolute atomic E-state index is 14.0. The summed E-state index contributed by atoms with van der Waals surface area (Å²) in [6, 6.07) is 13.5. The van der Waals surface area contributed by atoms with Crippen LogP contribution < -0.4 is 4.90 Å². The van der Waals surface area contributed by atoms with Crippen molar-refractivity contribution in [3.63, 3.8) is 0 Å². The quantitative estimate of drug-likeness (QED) is 0.702. The SMILES string of the molecule is Cc1cccc(N2CCN(Cc3cc(F)cc4cccnc34)CC2)c1C. The number of rotatable bonds is 3. The number of anilines is 1. The Morgan fingerprint density at radius 1 is 1.00 bits per heavy atom. The normalized spacial score (nSPS) is 15.6. The predicted octanol–water partition coefficient (Wildman–Crippen LogP) is 4.31. The molecule has 1 fully saturated rings. The number of fused-ring (bicyclic) bond motifs is 1. The number of aromatic nitrogens is 1. The van der Waals surface area contributed by atoms with Gasteiger partial charge in [0.15, 0.2) is 0 Å². The number of halogens is 1. The van der Waals surface area contributed by atoms with E-state index in [2.05, 4.69) is 46.8 Å². The Morgan fingerprint density at radius 2 is 1.81 bits per heavy atom. The average molecular weight is 349 g/mol. The molecule has 0 saturated carbocycles. The van der Waals surface area contributed by atoms with E-state index in [0.717, 1.165) is 49.2 Å². The number of piperazine rings is 1. The Bertz CT molecular complexity index is 930. The molecule has 134 valence electrons. The van der Waals surface area contributed by atoms with Crippen molar-refractivity contribution in [2.75, 3.05) is 31.1 Å². The lowest BCUT2D eigenvalue weighted by atomic mass is 10.1. The van der Waals surface area contributed by atoms with Gasteiger partial charge in [-0.25, -0.2) is 4.39 Å². The third-order valence-corrected chi connectivity index (χ3v) is 5.43. The molecule has 0 N–H and O–H groups in total. The zero-order valence-electron chi connectivity index (χ0n) is 15.4. The molecule has 1 saturated heterocycles. The third kappa shape index (κ3) is 3.29. The standard InChI is InChI=1S/C22H24FN3/c1-16-5-3-7-21(17(16)2)26-11-9-25(10-12-26)15-19-14-20(23)13-18-6-4-8-24-22(18)19/h3-8,13-14H,9-12,15H2,1-2H3. The molecule has 0 radical (unpaired) electrons. The molecule has 2 aromatic carbocycles. The fourth-order valence-corrected chi connectivity index (χ4v) is 3.81. The second-order valence-electron chi connectivity index (χ2n) is 7.12. The topological polar surface area (TPSA) is 19.4 Å². The summed E-state index contributed by atoms with van der Waals surface area (Å²) in [6.07, 6.45) is 1.78. The minimum absolute atomic E-state index is 0.186. The molecule has 4 rings (SSSR count). The Morgan fingerprint density at radius 3 is 2.62 bits per heavy atom. The lowest BCUT2D eigenvalue weighted by Crippen LogP contribution is -2.46. The number of hydrogen-bond donors (Lipinski definition) is 0. The van der Waals surface area contributed by atoms with Crippen LogP contribution in [0.3, 0.4) is 0 Å². The Labute approximate surface area is 154 Å². The summed E-state index contributed by atoms with van der Waals surface area (Å²) in [5.74, 6) is -0.186. The zero-order valence-corrected chi connectivity index (χ0v) is 15.4. The van der Waals surface area contributed by atoms with Crippen molar-refractivity contribution in [2.45, 2.75) is 20.4 Å². The summed E-state index contributed by atoms with van der Waals surface area (Å²) < 4.78 is 14.0. The Kier molecular flexibility index (Phi) is 4.60. The lowest BCUT2D eigenvalue weighted by Gasteiger charge is -2.37. The van der Waals surface area contributed by atoms with E-state index in [1.165, 1.54) is 16.8 Å². The van der Waals surface area contributed by atoms with Gasteiger partial charge in [-0.05, 0) is 54.8 Å². The van der Waals surface area contributed by atoms with Crippen LogP contribution in [-0.4, -0.2) is 36.1 Å². The first kappa shape index (κ1) is 17.0. The van der Waals surface area contributed by atoms with E-state index in [1.54, 1.807) is 18.3 Å². The second-order valence-corrected chi connectivity index (χ2v) is 7.12. The highest BCUT2D eigenvalue weighted by Crippen LogP contribution is 2.25. The van der Waals surface area contributed by atoms with Gasteiger partial charge in [0, 0.05) is 50.0 Å². The first-order valence-electron chi connectivity index (χ1n) is 9.18. The van der Waals surface area contributed by atoms with Gasteiger partial charge >= 0.3 is 0 Å². The van der Waals surface area contributed by atoms with Crippen molar-refractivity contribution in [3.8, 4) is 0 Å². The van der Waals surface area contributed by atoms with E-state index in [4.69, 9.17) is 0 Å². The predicted molar refractivity (Wildman–Crippen MR) is 105 cm³/mol. The second kappa shape index (κ2) is 7.04. The molecule has 26 heavy (non-hydrogen) atoms. The fourth-order valence-electron chi connectivity index (χ4n) is 3.81. The van der Waals surface area contributed by atoms with Crippen LogP contribution in [0.15, 0.2) is 48.7 Å². The first-order chi connectivity index (χ1) is 12.6. The zero-order chi connectivity index (χ0) is 18.1. The van der Waals surface area contributed by atoms with Crippen LogP contribution in [0.25, 0.3) is 10.9 Å². The van der Waals surface area contributed by atoms with Crippen LogP contribution in [-0.2, 0) is 6.54 Å². The minimum Gasteiger partial charge on any atom is -0.369 e. The van der Waals surface area contributed by atoms with E-state index in [-0.39, 0.29) is 5.82 Å². The maximum Gasteiger partial charge on any atom is 0.124 e. The molecular formula is C22H24FN3. The van der Waals surface area contributed by atoms with Crippen LogP contribution in [0.4, 0.5) is 10.1 Å². The van der Waals surface area contributed by atoms with Crippen LogP contribution in [0, 0.1) is 19.7 Å². The highest BCUT2D eigenvalue weighted by atomic mass is 19.1. The number of benzene rings is 2. The van der Waals surface area contributed by atoms with Crippen LogP contribution in [0.1, 0.15) is 16.7 Å². The summed E-state index contributed by atoms with van der Waals surface area (Å²) in [5, 5.41) is 0.872. The van der Waals surface area contributed by atoms with Crippen LogP contribution in [0.2, 0.25) is 0 Å². The highest BCUT2D eigenvalue weighted by Gasteiger charge is 2.20. The smallest absolute Gasteiger partial charge is 0.124 e. The van der Waals surface area contributed by atoms with Crippen molar-refractivity contribution < 1.29 is 4.39 Å². The van der Waals surface area contributed by atoms with Gasteiger partial charge in [-0.15, -0.1) is 0 Å². The first-order valence-corrected chi connectivity index (χ1v) is 9.18. The summed E-state index contributed by atoms with van der Waals surface area (Å²) in [4.78, 5) is 9.32. The maximum atomic E-state index is 14.0. The Balaban J connectivity index is 1.49. The van der Waals surface area contributed by atoms with Gasteiger partial charge in [-0.3, -0.25) is 9.88 Å². The van der Waals surface area contributed by atoms with Crippen LogP contribution >= 0.6 is 0 Å². The van der Waals surface area contributed by atoms with E-state index in [0.29, 0.717) is 0 Å². The molecule has 1 aliphatic rings. The third-order valence-electron chi connectivity index (χ3n) is 5.43. The highest BCUT2D eigenvalue weighted by molar-refractivity contribution is 5.81. The molecule has 0 unspecified atom stereocenters. The minimum atomic E-state index is -0.186. The van der Waals surface area contributed by atoms with Gasteiger partial charge in [-0.2, -0.15) is 0 Å². The summed E-state index contributed by atoms with van der Waals surface area (Å²) in [7, 11) is 0. The van der Waals surface area contributed by atoms with E-state index in [9.17, 15) is 4.39 Å². The molecule has 0 amide bonds. The molecule has 3 nitrogen and oxygen atoms in total. The molecule has 2 heterocycles.